The Labute approximate surface area is 124 Å². The van der Waals surface area contributed by atoms with Crippen molar-refractivity contribution >= 4 is 17.0 Å². The van der Waals surface area contributed by atoms with E-state index in [-0.39, 0.29) is 12.0 Å². The lowest BCUT2D eigenvalue weighted by Gasteiger charge is -2.33. The van der Waals surface area contributed by atoms with E-state index in [1.54, 1.807) is 0 Å². The van der Waals surface area contributed by atoms with Crippen molar-refractivity contribution in [2.45, 2.75) is 32.7 Å². The first-order chi connectivity index (χ1) is 10.0. The highest BCUT2D eigenvalue weighted by Crippen LogP contribution is 2.26. The highest BCUT2D eigenvalue weighted by molar-refractivity contribution is 5.75. The molecule has 5 nitrogen and oxygen atoms in total. The minimum absolute atomic E-state index is 0.187. The zero-order chi connectivity index (χ0) is 15.0. The molecule has 0 amide bonds. The predicted octanol–water partition coefficient (Wildman–Crippen LogP) is 2.73. The molecular formula is C16H21N3O2. The maximum atomic E-state index is 11.0. The first kappa shape index (κ1) is 14.1. The molecule has 5 heteroatoms. The smallest absolute Gasteiger partial charge is 0.306 e. The van der Waals surface area contributed by atoms with Crippen molar-refractivity contribution in [3.8, 4) is 0 Å². The Morgan fingerprint density at radius 1 is 1.43 bits per heavy atom. The standard InChI is InChI=1S/C16H21N3O2/c1-10-3-4-13-14(9-10)18-15(17-13)11(2)19-7-5-12(6-8-19)16(20)21/h3-4,9,11-12H,5-8H2,1-2H3,(H,17,18)(H,20,21). The maximum Gasteiger partial charge on any atom is 0.306 e. The lowest BCUT2D eigenvalue weighted by Crippen LogP contribution is -2.38. The van der Waals surface area contributed by atoms with Crippen LogP contribution in [0.3, 0.4) is 0 Å². The number of rotatable bonds is 3. The van der Waals surface area contributed by atoms with E-state index in [1.807, 2.05) is 6.07 Å². The van der Waals surface area contributed by atoms with E-state index in [2.05, 4.69) is 40.8 Å². The fourth-order valence-corrected chi connectivity index (χ4v) is 3.05. The summed E-state index contributed by atoms with van der Waals surface area (Å²) in [5.41, 5.74) is 3.27. The minimum atomic E-state index is -0.665. The summed E-state index contributed by atoms with van der Waals surface area (Å²) in [6, 6.07) is 6.40. The number of nitrogens with one attached hydrogen (secondary N) is 1. The fourth-order valence-electron chi connectivity index (χ4n) is 3.05. The highest BCUT2D eigenvalue weighted by atomic mass is 16.4. The van der Waals surface area contributed by atoms with Crippen LogP contribution in [-0.4, -0.2) is 39.0 Å². The van der Waals surface area contributed by atoms with Crippen LogP contribution in [0.2, 0.25) is 0 Å². The lowest BCUT2D eigenvalue weighted by molar-refractivity contribution is -0.143. The van der Waals surface area contributed by atoms with Gasteiger partial charge in [0.25, 0.3) is 0 Å². The van der Waals surface area contributed by atoms with E-state index < -0.39 is 5.97 Å². The van der Waals surface area contributed by atoms with E-state index in [0.29, 0.717) is 0 Å². The van der Waals surface area contributed by atoms with Crippen LogP contribution in [-0.2, 0) is 4.79 Å². The van der Waals surface area contributed by atoms with Crippen LogP contribution in [0.25, 0.3) is 11.0 Å². The lowest BCUT2D eigenvalue weighted by atomic mass is 9.96. The quantitative estimate of drug-likeness (QED) is 0.910. The summed E-state index contributed by atoms with van der Waals surface area (Å²) >= 11 is 0. The topological polar surface area (TPSA) is 69.2 Å². The van der Waals surface area contributed by atoms with Gasteiger partial charge in [0.15, 0.2) is 0 Å². The number of aliphatic carboxylic acids is 1. The van der Waals surface area contributed by atoms with Crippen molar-refractivity contribution in [1.82, 2.24) is 14.9 Å². The summed E-state index contributed by atoms with van der Waals surface area (Å²) < 4.78 is 0. The number of hydrogen-bond donors (Lipinski definition) is 2. The minimum Gasteiger partial charge on any atom is -0.481 e. The van der Waals surface area contributed by atoms with Crippen molar-refractivity contribution in [2.75, 3.05) is 13.1 Å². The second kappa shape index (κ2) is 5.48. The number of carboxylic acid groups (broad SMARTS) is 1. The molecule has 1 atom stereocenters. The third kappa shape index (κ3) is 2.78. The summed E-state index contributed by atoms with van der Waals surface area (Å²) in [5.74, 6) is 0.109. The summed E-state index contributed by atoms with van der Waals surface area (Å²) in [6.45, 7) is 5.83. The molecule has 0 aliphatic carbocycles. The number of imidazole rings is 1. The molecule has 0 bridgehead atoms. The molecule has 1 aromatic carbocycles. The highest BCUT2D eigenvalue weighted by Gasteiger charge is 2.28. The Morgan fingerprint density at radius 3 is 2.81 bits per heavy atom. The second-order valence-electron chi connectivity index (χ2n) is 5.97. The molecule has 0 radical (unpaired) electrons. The van der Waals surface area contributed by atoms with Crippen LogP contribution in [0.4, 0.5) is 0 Å². The van der Waals surface area contributed by atoms with Gasteiger partial charge in [-0.15, -0.1) is 0 Å². The van der Waals surface area contributed by atoms with Crippen LogP contribution in [0, 0.1) is 12.8 Å². The molecule has 112 valence electrons. The van der Waals surface area contributed by atoms with Crippen molar-refractivity contribution in [3.63, 3.8) is 0 Å². The summed E-state index contributed by atoms with van der Waals surface area (Å²) in [7, 11) is 0. The number of carboxylic acids is 1. The van der Waals surface area contributed by atoms with E-state index in [0.717, 1.165) is 42.8 Å². The molecule has 2 heterocycles. The van der Waals surface area contributed by atoms with E-state index in [9.17, 15) is 4.79 Å². The van der Waals surface area contributed by atoms with Gasteiger partial charge in [-0.1, -0.05) is 6.07 Å². The Balaban J connectivity index is 1.75. The molecule has 2 N–H and O–H groups in total. The Hall–Kier alpha value is -1.88. The number of piperidine rings is 1. The molecule has 0 spiro atoms. The molecule has 3 rings (SSSR count). The number of fused-ring (bicyclic) bond motifs is 1. The van der Waals surface area contributed by atoms with E-state index in [4.69, 9.17) is 5.11 Å². The van der Waals surface area contributed by atoms with Crippen LogP contribution in [0.1, 0.15) is 37.2 Å². The third-order valence-corrected chi connectivity index (χ3v) is 4.48. The number of benzene rings is 1. The third-order valence-electron chi connectivity index (χ3n) is 4.48. The van der Waals surface area contributed by atoms with Gasteiger partial charge in [0, 0.05) is 0 Å². The largest absolute Gasteiger partial charge is 0.481 e. The molecular weight excluding hydrogens is 266 g/mol. The van der Waals surface area contributed by atoms with Crippen molar-refractivity contribution in [3.05, 3.63) is 29.6 Å². The van der Waals surface area contributed by atoms with Crippen LogP contribution < -0.4 is 0 Å². The summed E-state index contributed by atoms with van der Waals surface area (Å²) in [6.07, 6.45) is 1.44. The normalized spacial score (nSPS) is 19.0. The van der Waals surface area contributed by atoms with Crippen LogP contribution in [0.15, 0.2) is 18.2 Å². The van der Waals surface area contributed by atoms with Crippen LogP contribution >= 0.6 is 0 Å². The molecule has 1 fully saturated rings. The first-order valence-electron chi connectivity index (χ1n) is 7.47. The Kier molecular flexibility index (Phi) is 3.68. The SMILES string of the molecule is Cc1ccc2nc(C(C)N3CCC(C(=O)O)CC3)[nH]c2c1. The Bertz CT molecular complexity index is 657. The Morgan fingerprint density at radius 2 is 2.14 bits per heavy atom. The number of aryl methyl sites for hydroxylation is 1. The van der Waals surface area contributed by atoms with Gasteiger partial charge >= 0.3 is 5.97 Å². The molecule has 1 aromatic heterocycles. The first-order valence-corrected chi connectivity index (χ1v) is 7.47. The summed E-state index contributed by atoms with van der Waals surface area (Å²) in [4.78, 5) is 21.4. The number of nitrogens with zero attached hydrogens (tertiary/aromatic N) is 2. The van der Waals surface area contributed by atoms with Gasteiger partial charge in [0.1, 0.15) is 5.82 Å². The summed E-state index contributed by atoms with van der Waals surface area (Å²) in [5, 5.41) is 9.06. The molecule has 0 saturated carbocycles. The molecule has 21 heavy (non-hydrogen) atoms. The zero-order valence-electron chi connectivity index (χ0n) is 12.5. The number of aromatic amines is 1. The number of H-pyrrole nitrogens is 1. The van der Waals surface area contributed by atoms with Gasteiger partial charge in [-0.25, -0.2) is 4.98 Å². The maximum absolute atomic E-state index is 11.0. The second-order valence-corrected chi connectivity index (χ2v) is 5.97. The van der Waals surface area contributed by atoms with Crippen LogP contribution in [0.5, 0.6) is 0 Å². The van der Waals surface area contributed by atoms with Crippen molar-refractivity contribution < 1.29 is 9.90 Å². The predicted molar refractivity (Wildman–Crippen MR) is 81.2 cm³/mol. The number of hydrogen-bond acceptors (Lipinski definition) is 3. The van der Waals surface area contributed by atoms with Gasteiger partial charge < -0.3 is 10.1 Å². The molecule has 1 saturated heterocycles. The van der Waals surface area contributed by atoms with Gasteiger partial charge in [-0.05, 0) is 57.5 Å². The number of likely N-dealkylation sites (tertiary alicyclic amines) is 1. The number of aromatic nitrogens is 2. The van der Waals surface area contributed by atoms with Crippen molar-refractivity contribution in [1.29, 1.82) is 0 Å². The molecule has 1 aliphatic rings. The average molecular weight is 287 g/mol. The number of carbonyl (C=O) groups is 1. The van der Waals surface area contributed by atoms with Gasteiger partial charge in [0.05, 0.1) is 23.0 Å². The monoisotopic (exact) mass is 287 g/mol. The van der Waals surface area contributed by atoms with Gasteiger partial charge in [-0.3, -0.25) is 9.69 Å². The zero-order valence-corrected chi connectivity index (χ0v) is 12.5. The van der Waals surface area contributed by atoms with E-state index >= 15 is 0 Å². The fraction of sp³-hybridized carbons (Fsp3) is 0.500. The van der Waals surface area contributed by atoms with Crippen molar-refractivity contribution in [2.24, 2.45) is 5.92 Å². The van der Waals surface area contributed by atoms with E-state index in [1.165, 1.54) is 5.56 Å². The van der Waals surface area contributed by atoms with Gasteiger partial charge in [-0.2, -0.15) is 0 Å². The van der Waals surface area contributed by atoms with Gasteiger partial charge in [0.2, 0.25) is 0 Å². The molecule has 2 aromatic rings. The molecule has 1 aliphatic heterocycles. The molecule has 1 unspecified atom stereocenters. The average Bonchev–Trinajstić information content (AvgIpc) is 2.89.